The summed E-state index contributed by atoms with van der Waals surface area (Å²) in [7, 11) is 0. The van der Waals surface area contributed by atoms with Crippen LogP contribution in [-0.2, 0) is 9.59 Å². The first-order valence-electron chi connectivity index (χ1n) is 7.22. The number of anilines is 1. The fraction of sp³-hybridized carbons (Fsp3) is 0.500. The van der Waals surface area contributed by atoms with Crippen molar-refractivity contribution in [1.82, 2.24) is 0 Å². The molecule has 4 rings (SSSR count). The molecule has 1 aliphatic heterocycles. The van der Waals surface area contributed by atoms with Gasteiger partial charge in [-0.15, -0.1) is 0 Å². The molecule has 0 aromatic heterocycles. The zero-order valence-electron chi connectivity index (χ0n) is 11.3. The molecule has 1 aromatic carbocycles. The van der Waals surface area contributed by atoms with Gasteiger partial charge in [-0.3, -0.25) is 9.59 Å². The fourth-order valence-electron chi connectivity index (χ4n) is 4.48. The zero-order chi connectivity index (χ0) is 14.0. The Hall–Kier alpha value is -1.35. The molecule has 0 N–H and O–H groups in total. The van der Waals surface area contributed by atoms with Crippen molar-refractivity contribution in [3.8, 4) is 0 Å². The van der Waals surface area contributed by atoms with Crippen molar-refractivity contribution in [2.75, 3.05) is 4.90 Å². The van der Waals surface area contributed by atoms with Crippen LogP contribution in [0.2, 0.25) is 5.02 Å². The van der Waals surface area contributed by atoms with E-state index >= 15 is 0 Å². The summed E-state index contributed by atoms with van der Waals surface area (Å²) < 4.78 is 0. The van der Waals surface area contributed by atoms with Crippen molar-refractivity contribution in [3.63, 3.8) is 0 Å². The van der Waals surface area contributed by atoms with Gasteiger partial charge in [-0.05, 0) is 55.7 Å². The fourth-order valence-corrected chi connectivity index (χ4v) is 4.65. The minimum absolute atomic E-state index is 0.00225. The summed E-state index contributed by atoms with van der Waals surface area (Å²) in [5.41, 5.74) is 1.48. The van der Waals surface area contributed by atoms with Crippen LogP contribution in [0.1, 0.15) is 24.8 Å². The highest BCUT2D eigenvalue weighted by molar-refractivity contribution is 6.32. The highest BCUT2D eigenvalue weighted by atomic mass is 35.5. The van der Waals surface area contributed by atoms with Gasteiger partial charge in [0.15, 0.2) is 0 Å². The first-order chi connectivity index (χ1) is 9.59. The monoisotopic (exact) mass is 289 g/mol. The molecule has 2 amide bonds. The molecule has 104 valence electrons. The molecule has 0 radical (unpaired) electrons. The molecule has 0 unspecified atom stereocenters. The van der Waals surface area contributed by atoms with Crippen molar-refractivity contribution >= 4 is 29.1 Å². The maximum Gasteiger partial charge on any atom is 0.237 e. The Bertz CT molecular complexity index is 599. The first-order valence-corrected chi connectivity index (χ1v) is 7.60. The summed E-state index contributed by atoms with van der Waals surface area (Å²) in [6.45, 7) is 1.86. The standard InChI is InChI=1S/C16H16ClNO2/c1-8-11(17)3-2-4-12(8)18-15(19)13-9-5-6-10(7-9)14(13)16(18)20/h2-4,9-10,13-14H,5-7H2,1H3/t9-,10+,13-,14+. The van der Waals surface area contributed by atoms with E-state index < -0.39 is 0 Å². The van der Waals surface area contributed by atoms with E-state index in [-0.39, 0.29) is 23.7 Å². The molecule has 2 bridgehead atoms. The molecule has 2 saturated carbocycles. The third-order valence-electron chi connectivity index (χ3n) is 5.41. The Morgan fingerprint density at radius 1 is 1.10 bits per heavy atom. The van der Waals surface area contributed by atoms with Crippen LogP contribution >= 0.6 is 11.6 Å². The highest BCUT2D eigenvalue weighted by Crippen LogP contribution is 2.56. The zero-order valence-corrected chi connectivity index (χ0v) is 12.1. The molecule has 0 spiro atoms. The molecule has 2 aliphatic carbocycles. The predicted molar refractivity (Wildman–Crippen MR) is 76.5 cm³/mol. The van der Waals surface area contributed by atoms with Gasteiger partial charge in [0.1, 0.15) is 0 Å². The highest BCUT2D eigenvalue weighted by Gasteiger charge is 2.61. The Kier molecular flexibility index (Phi) is 2.53. The van der Waals surface area contributed by atoms with Crippen molar-refractivity contribution in [1.29, 1.82) is 0 Å². The molecule has 20 heavy (non-hydrogen) atoms. The summed E-state index contributed by atoms with van der Waals surface area (Å²) in [6, 6.07) is 5.41. The molecule has 1 saturated heterocycles. The van der Waals surface area contributed by atoms with E-state index in [4.69, 9.17) is 11.6 Å². The summed E-state index contributed by atoms with van der Waals surface area (Å²) in [5.74, 6) is 0.700. The number of hydrogen-bond donors (Lipinski definition) is 0. The smallest absolute Gasteiger partial charge is 0.237 e. The van der Waals surface area contributed by atoms with Crippen LogP contribution in [0.4, 0.5) is 5.69 Å². The van der Waals surface area contributed by atoms with Gasteiger partial charge in [-0.25, -0.2) is 4.90 Å². The summed E-state index contributed by atoms with van der Waals surface area (Å²) in [5, 5.41) is 0.600. The second kappa shape index (κ2) is 4.08. The molecule has 3 fully saturated rings. The second-order valence-electron chi connectivity index (χ2n) is 6.28. The van der Waals surface area contributed by atoms with Gasteiger partial charge in [0.05, 0.1) is 17.5 Å². The maximum absolute atomic E-state index is 12.7. The Morgan fingerprint density at radius 2 is 1.70 bits per heavy atom. The van der Waals surface area contributed by atoms with Gasteiger partial charge in [0, 0.05) is 5.02 Å². The van der Waals surface area contributed by atoms with Crippen molar-refractivity contribution in [2.24, 2.45) is 23.7 Å². The van der Waals surface area contributed by atoms with Gasteiger partial charge < -0.3 is 0 Å². The number of nitrogens with zero attached hydrogens (tertiary/aromatic N) is 1. The number of carbonyl (C=O) groups is 2. The quantitative estimate of drug-likeness (QED) is 0.745. The van der Waals surface area contributed by atoms with E-state index in [1.54, 1.807) is 12.1 Å². The number of benzene rings is 1. The number of fused-ring (bicyclic) bond motifs is 5. The molecule has 3 aliphatic rings. The van der Waals surface area contributed by atoms with Crippen molar-refractivity contribution < 1.29 is 9.59 Å². The lowest BCUT2D eigenvalue weighted by molar-refractivity contribution is -0.123. The lowest BCUT2D eigenvalue weighted by Gasteiger charge is -2.19. The predicted octanol–water partition coefficient (Wildman–Crippen LogP) is 3.18. The lowest BCUT2D eigenvalue weighted by atomic mass is 9.81. The number of amides is 2. The molecular weight excluding hydrogens is 274 g/mol. The molecular formula is C16H16ClNO2. The van der Waals surface area contributed by atoms with E-state index in [2.05, 4.69) is 0 Å². The summed E-state index contributed by atoms with van der Waals surface area (Å²) >= 11 is 6.13. The third-order valence-corrected chi connectivity index (χ3v) is 5.82. The Morgan fingerprint density at radius 3 is 2.30 bits per heavy atom. The summed E-state index contributed by atoms with van der Waals surface area (Å²) in [4.78, 5) is 26.8. The van der Waals surface area contributed by atoms with E-state index in [1.165, 1.54) is 4.90 Å². The Balaban J connectivity index is 1.79. The van der Waals surface area contributed by atoms with Crippen LogP contribution in [0.15, 0.2) is 18.2 Å². The van der Waals surface area contributed by atoms with Crippen LogP contribution in [-0.4, -0.2) is 11.8 Å². The van der Waals surface area contributed by atoms with Crippen molar-refractivity contribution in [3.05, 3.63) is 28.8 Å². The van der Waals surface area contributed by atoms with Crippen LogP contribution in [0.5, 0.6) is 0 Å². The van der Waals surface area contributed by atoms with E-state index in [0.717, 1.165) is 24.8 Å². The largest absolute Gasteiger partial charge is 0.274 e. The van der Waals surface area contributed by atoms with Gasteiger partial charge in [-0.2, -0.15) is 0 Å². The van der Waals surface area contributed by atoms with E-state index in [0.29, 0.717) is 22.5 Å². The summed E-state index contributed by atoms with van der Waals surface area (Å²) in [6.07, 6.45) is 3.27. The molecule has 1 aromatic rings. The number of halogens is 1. The number of imide groups is 1. The van der Waals surface area contributed by atoms with Gasteiger partial charge in [0.2, 0.25) is 11.8 Å². The second-order valence-corrected chi connectivity index (χ2v) is 6.69. The third kappa shape index (κ3) is 1.42. The van der Waals surface area contributed by atoms with Gasteiger partial charge in [0.25, 0.3) is 0 Å². The van der Waals surface area contributed by atoms with Crippen LogP contribution in [0.3, 0.4) is 0 Å². The molecule has 1 heterocycles. The molecule has 4 atom stereocenters. The number of rotatable bonds is 1. The first kappa shape index (κ1) is 12.4. The molecule has 3 nitrogen and oxygen atoms in total. The van der Waals surface area contributed by atoms with E-state index in [1.807, 2.05) is 13.0 Å². The minimum atomic E-state index is -0.0698. The van der Waals surface area contributed by atoms with Gasteiger partial charge in [-0.1, -0.05) is 17.7 Å². The van der Waals surface area contributed by atoms with E-state index in [9.17, 15) is 9.59 Å². The van der Waals surface area contributed by atoms with Gasteiger partial charge >= 0.3 is 0 Å². The lowest BCUT2D eigenvalue weighted by Crippen LogP contribution is -2.33. The van der Waals surface area contributed by atoms with Crippen molar-refractivity contribution in [2.45, 2.75) is 26.2 Å². The van der Waals surface area contributed by atoms with Crippen LogP contribution in [0, 0.1) is 30.6 Å². The number of carbonyl (C=O) groups excluding carboxylic acids is 2. The molecule has 4 heteroatoms. The number of hydrogen-bond acceptors (Lipinski definition) is 2. The normalized spacial score (nSPS) is 35.0. The van der Waals surface area contributed by atoms with Crippen LogP contribution < -0.4 is 4.90 Å². The minimum Gasteiger partial charge on any atom is -0.274 e. The SMILES string of the molecule is Cc1c(Cl)cccc1N1C(=O)[C@@H]2[C@@H]3CC[C@@H](C3)[C@@H]2C1=O. The Labute approximate surface area is 122 Å². The topological polar surface area (TPSA) is 37.4 Å². The average Bonchev–Trinajstić information content (AvgIpc) is 3.09. The average molecular weight is 290 g/mol. The van der Waals surface area contributed by atoms with Crippen LogP contribution in [0.25, 0.3) is 0 Å². The maximum atomic E-state index is 12.7.